The van der Waals surface area contributed by atoms with Crippen molar-refractivity contribution in [3.63, 3.8) is 0 Å². The second kappa shape index (κ2) is 5.45. The van der Waals surface area contributed by atoms with Gasteiger partial charge in [-0.05, 0) is 12.1 Å². The maximum atomic E-state index is 10.7. The first kappa shape index (κ1) is 14.4. The predicted molar refractivity (Wildman–Crippen MR) is 45.4 cm³/mol. The van der Waals surface area contributed by atoms with Crippen molar-refractivity contribution in [1.82, 2.24) is 0 Å². The van der Waals surface area contributed by atoms with Gasteiger partial charge in [-0.25, -0.2) is 8.42 Å². The van der Waals surface area contributed by atoms with Gasteiger partial charge in [0.05, 0.1) is 17.7 Å². The Labute approximate surface area is 125 Å². The first-order valence-electron chi connectivity index (χ1n) is 3.35. The van der Waals surface area contributed by atoms with E-state index in [2.05, 4.69) is 0 Å². The number of benzene rings is 1. The Bertz CT molecular complexity index is 418. The van der Waals surface area contributed by atoms with Crippen LogP contribution < -0.4 is 61.9 Å². The van der Waals surface area contributed by atoms with E-state index in [1.165, 1.54) is 19.2 Å². The van der Waals surface area contributed by atoms with Crippen molar-refractivity contribution >= 4 is 15.8 Å². The van der Waals surface area contributed by atoms with Crippen LogP contribution in [0.25, 0.3) is 0 Å². The molecule has 0 saturated heterocycles. The zero-order valence-corrected chi connectivity index (χ0v) is 11.8. The van der Waals surface area contributed by atoms with Gasteiger partial charge < -0.3 is 15.0 Å². The Morgan fingerprint density at radius 2 is 2.00 bits per heavy atom. The van der Waals surface area contributed by atoms with Crippen molar-refractivity contribution < 1.29 is 69.1 Å². The van der Waals surface area contributed by atoms with Crippen molar-refractivity contribution in [3.05, 3.63) is 18.2 Å². The van der Waals surface area contributed by atoms with Crippen LogP contribution in [-0.4, -0.2) is 20.1 Å². The number of hydrogen-bond donors (Lipinski definition) is 1. The minimum absolute atomic E-state index is 0. The van der Waals surface area contributed by atoms with E-state index >= 15 is 0 Å². The third kappa shape index (κ3) is 3.19. The van der Waals surface area contributed by atoms with E-state index in [1.54, 1.807) is 0 Å². The standard InChI is InChI=1S/C7H9NO4S.K/c1-12-7-5(8)3-2-4-6(7)13(9,10)11;/h2-4H,8H2,1H3,(H,9,10,11);/q;+1/p-1. The number of methoxy groups -OCH3 is 1. The van der Waals surface area contributed by atoms with Crippen LogP contribution >= 0.6 is 0 Å². The largest absolute Gasteiger partial charge is 1.00 e. The number of nitrogen functional groups attached to an aromatic ring is 1. The first-order chi connectivity index (χ1) is 5.96. The fraction of sp³-hybridized carbons (Fsp3) is 0.143. The van der Waals surface area contributed by atoms with Crippen molar-refractivity contribution in [3.8, 4) is 5.75 Å². The minimum atomic E-state index is -4.52. The van der Waals surface area contributed by atoms with Crippen molar-refractivity contribution in [1.29, 1.82) is 0 Å². The SMILES string of the molecule is COc1c(N)cccc1S(=O)(=O)[O-].[K+]. The topological polar surface area (TPSA) is 92.5 Å². The molecule has 5 nitrogen and oxygen atoms in total. The van der Waals surface area contributed by atoms with Gasteiger partial charge in [0.25, 0.3) is 0 Å². The summed E-state index contributed by atoms with van der Waals surface area (Å²) in [6.07, 6.45) is 0. The van der Waals surface area contributed by atoms with E-state index in [0.717, 1.165) is 6.07 Å². The van der Waals surface area contributed by atoms with Crippen LogP contribution in [0.1, 0.15) is 0 Å². The van der Waals surface area contributed by atoms with Crippen molar-refractivity contribution in [2.24, 2.45) is 0 Å². The first-order valence-corrected chi connectivity index (χ1v) is 4.76. The molecule has 0 aliphatic heterocycles. The molecule has 72 valence electrons. The summed E-state index contributed by atoms with van der Waals surface area (Å²) in [5.41, 5.74) is 5.52. The molecule has 1 aromatic rings. The fourth-order valence-electron chi connectivity index (χ4n) is 0.948. The average Bonchev–Trinajstić information content (AvgIpc) is 2.02. The van der Waals surface area contributed by atoms with Gasteiger partial charge in [0.2, 0.25) is 0 Å². The maximum absolute atomic E-state index is 10.7. The monoisotopic (exact) mass is 241 g/mol. The third-order valence-electron chi connectivity index (χ3n) is 1.48. The Hall–Kier alpha value is 0.366. The third-order valence-corrected chi connectivity index (χ3v) is 2.34. The summed E-state index contributed by atoms with van der Waals surface area (Å²) < 4.78 is 36.7. The zero-order valence-electron chi connectivity index (χ0n) is 7.85. The summed E-state index contributed by atoms with van der Waals surface area (Å²) in [5.74, 6) is -0.0995. The maximum Gasteiger partial charge on any atom is 1.00 e. The molecule has 2 N–H and O–H groups in total. The zero-order chi connectivity index (χ0) is 10.1. The van der Waals surface area contributed by atoms with Gasteiger partial charge in [-0.15, -0.1) is 0 Å². The molecule has 0 aromatic heterocycles. The van der Waals surface area contributed by atoms with Gasteiger partial charge in [0.1, 0.15) is 10.1 Å². The van der Waals surface area contributed by atoms with E-state index in [9.17, 15) is 13.0 Å². The van der Waals surface area contributed by atoms with E-state index in [4.69, 9.17) is 10.5 Å². The Kier molecular flexibility index (Phi) is 5.59. The second-order valence-electron chi connectivity index (χ2n) is 2.33. The minimum Gasteiger partial charge on any atom is -0.744 e. The van der Waals surface area contributed by atoms with Crippen molar-refractivity contribution in [2.75, 3.05) is 12.8 Å². The van der Waals surface area contributed by atoms with E-state index < -0.39 is 15.0 Å². The second-order valence-corrected chi connectivity index (χ2v) is 3.68. The molecule has 0 bridgehead atoms. The number of ether oxygens (including phenoxy) is 1. The van der Waals surface area contributed by atoms with Crippen LogP contribution in [0.15, 0.2) is 23.1 Å². The molecular weight excluding hydrogens is 233 g/mol. The summed E-state index contributed by atoms with van der Waals surface area (Å²) >= 11 is 0. The average molecular weight is 241 g/mol. The van der Waals surface area contributed by atoms with Crippen LogP contribution in [0.4, 0.5) is 5.69 Å². The summed E-state index contributed by atoms with van der Waals surface area (Å²) in [6, 6.07) is 3.98. The van der Waals surface area contributed by atoms with Gasteiger partial charge in [-0.3, -0.25) is 0 Å². The molecule has 0 unspecified atom stereocenters. The van der Waals surface area contributed by atoms with Gasteiger partial charge >= 0.3 is 51.4 Å². The molecule has 0 fully saturated rings. The summed E-state index contributed by atoms with van der Waals surface area (Å²) in [6.45, 7) is 0. The summed E-state index contributed by atoms with van der Waals surface area (Å²) in [5, 5.41) is 0. The van der Waals surface area contributed by atoms with Crippen LogP contribution in [0, 0.1) is 0 Å². The molecular formula is C7H8KNO4S. The van der Waals surface area contributed by atoms with Crippen molar-refractivity contribution in [2.45, 2.75) is 4.90 Å². The van der Waals surface area contributed by atoms with E-state index in [1.807, 2.05) is 0 Å². The van der Waals surface area contributed by atoms with Crippen LogP contribution in [0.2, 0.25) is 0 Å². The fourth-order valence-corrected chi connectivity index (χ4v) is 1.62. The molecule has 1 aromatic carbocycles. The van der Waals surface area contributed by atoms with E-state index in [-0.39, 0.29) is 62.8 Å². The summed E-state index contributed by atoms with van der Waals surface area (Å²) in [4.78, 5) is -0.435. The van der Waals surface area contributed by atoms with Crippen LogP contribution in [0.5, 0.6) is 5.75 Å². The van der Waals surface area contributed by atoms with Gasteiger partial charge in [0.15, 0.2) is 5.75 Å². The molecule has 0 radical (unpaired) electrons. The Morgan fingerprint density at radius 1 is 1.43 bits per heavy atom. The quantitative estimate of drug-likeness (QED) is 0.343. The predicted octanol–water partition coefficient (Wildman–Crippen LogP) is -2.81. The van der Waals surface area contributed by atoms with Gasteiger partial charge in [-0.1, -0.05) is 6.07 Å². The van der Waals surface area contributed by atoms with Crippen LogP contribution in [0.3, 0.4) is 0 Å². The smallest absolute Gasteiger partial charge is 0.744 e. The molecule has 0 aliphatic carbocycles. The van der Waals surface area contributed by atoms with Gasteiger partial charge in [0, 0.05) is 0 Å². The molecule has 14 heavy (non-hydrogen) atoms. The molecule has 0 heterocycles. The molecule has 7 heteroatoms. The molecule has 0 saturated carbocycles. The number of anilines is 1. The molecule has 0 atom stereocenters. The molecule has 0 aliphatic rings. The van der Waals surface area contributed by atoms with Gasteiger partial charge in [-0.2, -0.15) is 0 Å². The molecule has 1 rings (SSSR count). The number of rotatable bonds is 2. The normalized spacial score (nSPS) is 10.4. The van der Waals surface area contributed by atoms with Crippen LogP contribution in [-0.2, 0) is 10.1 Å². The van der Waals surface area contributed by atoms with E-state index in [0.29, 0.717) is 0 Å². The number of nitrogens with two attached hydrogens (primary N) is 1. The number of para-hydroxylation sites is 1. The number of hydrogen-bond acceptors (Lipinski definition) is 5. The Morgan fingerprint density at radius 3 is 2.36 bits per heavy atom. The molecule has 0 spiro atoms. The Balaban J connectivity index is 0.00000169. The summed E-state index contributed by atoms with van der Waals surface area (Å²) in [7, 11) is -3.27. The molecule has 0 amide bonds.